The molecule has 4 N–H and O–H groups in total. The van der Waals surface area contributed by atoms with Crippen LogP contribution in [0, 0.1) is 0 Å². The third-order valence-corrected chi connectivity index (χ3v) is 2.47. The molecule has 2 aromatic rings. The zero-order chi connectivity index (χ0) is 13.5. The fraction of sp³-hybridized carbons (Fsp3) is 0. The Morgan fingerprint density at radius 1 is 0.947 bits per heavy atom. The number of aromatic hydroxyl groups is 1. The van der Waals surface area contributed by atoms with Crippen molar-refractivity contribution in [3.05, 3.63) is 59.3 Å². The first-order valence-electron chi connectivity index (χ1n) is 5.12. The Morgan fingerprint density at radius 3 is 1.89 bits per heavy atom. The number of benzene rings is 2. The molecule has 0 saturated carbocycles. The second-order valence-corrected chi connectivity index (χ2v) is 3.80. The number of phenols is 1. The molecule has 0 spiro atoms. The number of rotatable bonds is 1. The molecule has 2 aromatic carbocycles. The number of halogens is 1. The van der Waals surface area contributed by atoms with Crippen molar-refractivity contribution in [3.63, 3.8) is 0 Å². The van der Waals surface area contributed by atoms with Crippen LogP contribution in [0.2, 0.25) is 5.02 Å². The summed E-state index contributed by atoms with van der Waals surface area (Å²) < 4.78 is 0. The van der Waals surface area contributed by atoms with Crippen molar-refractivity contribution in [1.82, 2.24) is 0 Å². The van der Waals surface area contributed by atoms with Gasteiger partial charge in [-0.2, -0.15) is 0 Å². The zero-order valence-corrected chi connectivity index (χ0v) is 13.6. The molecule has 4 nitrogen and oxygen atoms in total. The van der Waals surface area contributed by atoms with Gasteiger partial charge in [-0.1, -0.05) is 54.1 Å². The molecule has 0 saturated heterocycles. The smallest absolute Gasteiger partial charge is 0.490 e. The minimum absolute atomic E-state index is 0. The van der Waals surface area contributed by atoms with E-state index >= 15 is 0 Å². The van der Waals surface area contributed by atoms with Crippen molar-refractivity contribution in [3.8, 4) is 5.75 Å². The number of hydrogen-bond donors (Lipinski definition) is 3. The van der Waals surface area contributed by atoms with Crippen molar-refractivity contribution >= 4 is 29.9 Å². The molecule has 0 heterocycles. The molecule has 1 radical (unpaired) electrons. The summed E-state index contributed by atoms with van der Waals surface area (Å²) in [6.07, 6.45) is 0. The SMILES string of the molecule is OB(O)c1cccc(O)c1Cl.[NH-]c1ccccc1.[Y]. The van der Waals surface area contributed by atoms with Crippen LogP contribution in [-0.4, -0.2) is 22.3 Å². The third-order valence-electron chi connectivity index (χ3n) is 2.06. The van der Waals surface area contributed by atoms with Crippen LogP contribution >= 0.6 is 11.6 Å². The molecule has 2 rings (SSSR count). The molecule has 0 aliphatic carbocycles. The van der Waals surface area contributed by atoms with Gasteiger partial charge in [0, 0.05) is 38.2 Å². The van der Waals surface area contributed by atoms with Crippen LogP contribution in [0.25, 0.3) is 5.73 Å². The molecular weight excluding hydrogens is 341 g/mol. The van der Waals surface area contributed by atoms with E-state index in [1.54, 1.807) is 12.1 Å². The van der Waals surface area contributed by atoms with Crippen LogP contribution in [-0.2, 0) is 32.7 Å². The van der Waals surface area contributed by atoms with Gasteiger partial charge in [0.1, 0.15) is 5.75 Å². The maximum absolute atomic E-state index is 8.99. The van der Waals surface area contributed by atoms with Gasteiger partial charge < -0.3 is 20.9 Å². The molecule has 0 fully saturated rings. The fourth-order valence-corrected chi connectivity index (χ4v) is 1.40. The van der Waals surface area contributed by atoms with Gasteiger partial charge in [-0.3, -0.25) is 0 Å². The summed E-state index contributed by atoms with van der Waals surface area (Å²) in [4.78, 5) is 0. The summed E-state index contributed by atoms with van der Waals surface area (Å²) >= 11 is 5.52. The van der Waals surface area contributed by atoms with E-state index < -0.39 is 7.12 Å². The van der Waals surface area contributed by atoms with Gasteiger partial charge in [0.05, 0.1) is 5.02 Å². The Bertz CT molecular complexity index is 500. The quantitative estimate of drug-likeness (QED) is 0.687. The van der Waals surface area contributed by atoms with Crippen molar-refractivity contribution < 1.29 is 47.9 Å². The summed E-state index contributed by atoms with van der Waals surface area (Å²) in [5, 5.41) is 26.3. The van der Waals surface area contributed by atoms with Crippen molar-refractivity contribution in [2.45, 2.75) is 0 Å². The zero-order valence-electron chi connectivity index (χ0n) is 9.99. The van der Waals surface area contributed by atoms with E-state index in [9.17, 15) is 0 Å². The molecule has 7 heteroatoms. The van der Waals surface area contributed by atoms with E-state index in [-0.39, 0.29) is 48.9 Å². The minimum atomic E-state index is -1.64. The molecule has 19 heavy (non-hydrogen) atoms. The monoisotopic (exact) mass is 353 g/mol. The van der Waals surface area contributed by atoms with Crippen LogP contribution in [0.4, 0.5) is 5.69 Å². The first-order chi connectivity index (χ1) is 8.52. The van der Waals surface area contributed by atoms with Gasteiger partial charge in [-0.05, 0) is 6.07 Å². The van der Waals surface area contributed by atoms with Gasteiger partial charge >= 0.3 is 7.12 Å². The van der Waals surface area contributed by atoms with Crippen molar-refractivity contribution in [2.75, 3.05) is 0 Å². The Kier molecular flexibility index (Phi) is 9.06. The molecule has 97 valence electrons. The minimum Gasteiger partial charge on any atom is -0.699 e. The molecular formula is C12H12BClNO3Y-. The van der Waals surface area contributed by atoms with Crippen LogP contribution < -0.4 is 5.46 Å². The third kappa shape index (κ3) is 6.41. The topological polar surface area (TPSA) is 84.5 Å². The predicted molar refractivity (Wildman–Crippen MR) is 73.4 cm³/mol. The largest absolute Gasteiger partial charge is 0.699 e. The van der Waals surface area contributed by atoms with E-state index in [2.05, 4.69) is 0 Å². The van der Waals surface area contributed by atoms with Crippen molar-refractivity contribution in [1.29, 1.82) is 0 Å². The number of phenolic OH excluding ortho intramolecular Hbond substituents is 1. The Labute approximate surface area is 142 Å². The summed E-state index contributed by atoms with van der Waals surface area (Å²) in [5.74, 6) is -0.155. The van der Waals surface area contributed by atoms with Gasteiger partial charge in [0.15, 0.2) is 0 Å². The standard InChI is InChI=1S/C6H6BClO3.C6H6N.Y/c8-6-4(7(10)11)2-1-3-5(6)9;7-6-4-2-1-3-5-6;/h1-3,9-11H;1-5,7H;/q;-1;. The maximum Gasteiger partial charge on any atom is 0.490 e. The average Bonchev–Trinajstić information content (AvgIpc) is 2.34. The molecule has 0 bridgehead atoms. The predicted octanol–water partition coefficient (Wildman–Crippen LogP) is 2.09. The van der Waals surface area contributed by atoms with Crippen LogP contribution in [0.3, 0.4) is 0 Å². The molecule has 0 unspecified atom stereocenters. The van der Waals surface area contributed by atoms with Gasteiger partial charge in [-0.15, -0.1) is 5.69 Å². The van der Waals surface area contributed by atoms with Gasteiger partial charge in [-0.25, -0.2) is 0 Å². The Hall–Kier alpha value is -0.581. The summed E-state index contributed by atoms with van der Waals surface area (Å²) in [7, 11) is -1.64. The van der Waals surface area contributed by atoms with E-state index in [0.717, 1.165) is 0 Å². The van der Waals surface area contributed by atoms with Crippen LogP contribution in [0.1, 0.15) is 0 Å². The Balaban J connectivity index is 0.000000352. The van der Waals surface area contributed by atoms with Crippen LogP contribution in [0.5, 0.6) is 5.75 Å². The maximum atomic E-state index is 8.99. The first kappa shape index (κ1) is 18.4. The second-order valence-electron chi connectivity index (χ2n) is 3.42. The number of nitrogens with one attached hydrogen (secondary N) is 1. The van der Waals surface area contributed by atoms with E-state index in [4.69, 9.17) is 32.5 Å². The normalized spacial score (nSPS) is 8.79. The fourth-order valence-electron chi connectivity index (χ4n) is 1.17. The van der Waals surface area contributed by atoms with Crippen molar-refractivity contribution in [2.24, 2.45) is 0 Å². The molecule has 0 amide bonds. The Morgan fingerprint density at radius 2 is 1.53 bits per heavy atom. The summed E-state index contributed by atoms with van der Waals surface area (Å²) in [5.41, 5.74) is 7.67. The second kappa shape index (κ2) is 9.34. The molecule has 0 aliphatic heterocycles. The van der Waals surface area contributed by atoms with E-state index in [1.807, 2.05) is 18.2 Å². The summed E-state index contributed by atoms with van der Waals surface area (Å²) in [6, 6.07) is 13.4. The average molecular weight is 353 g/mol. The van der Waals surface area contributed by atoms with Gasteiger partial charge in [0.2, 0.25) is 0 Å². The van der Waals surface area contributed by atoms with Crippen LogP contribution in [0.15, 0.2) is 48.5 Å². The molecule has 0 atom stereocenters. The molecule has 0 aliphatic rings. The summed E-state index contributed by atoms with van der Waals surface area (Å²) in [6.45, 7) is 0. The van der Waals surface area contributed by atoms with E-state index in [0.29, 0.717) is 5.69 Å². The van der Waals surface area contributed by atoms with E-state index in [1.165, 1.54) is 18.2 Å². The van der Waals surface area contributed by atoms with Gasteiger partial charge in [0.25, 0.3) is 0 Å². The first-order valence-corrected chi connectivity index (χ1v) is 5.50. The molecule has 0 aromatic heterocycles. The number of hydrogen-bond acceptors (Lipinski definition) is 3.